The summed E-state index contributed by atoms with van der Waals surface area (Å²) in [5.74, 6) is 0.909. The number of nitrogens with zero attached hydrogens (tertiary/aromatic N) is 5. The van der Waals surface area contributed by atoms with Gasteiger partial charge in [-0.1, -0.05) is 18.2 Å². The van der Waals surface area contributed by atoms with Crippen molar-refractivity contribution >= 4 is 34.0 Å². The largest absolute Gasteiger partial charge is 0.367 e. The van der Waals surface area contributed by atoms with Crippen LogP contribution in [-0.4, -0.2) is 41.1 Å². The van der Waals surface area contributed by atoms with E-state index in [1.807, 2.05) is 25.3 Å². The van der Waals surface area contributed by atoms with E-state index < -0.39 is 0 Å². The Morgan fingerprint density at radius 2 is 1.71 bits per heavy atom. The number of hydrogen-bond acceptors (Lipinski definition) is 5. The molecule has 0 unspecified atom stereocenters. The van der Waals surface area contributed by atoms with E-state index >= 15 is 0 Å². The molecule has 4 rings (SSSR count). The van der Waals surface area contributed by atoms with Crippen LogP contribution in [0.1, 0.15) is 5.69 Å². The highest BCUT2D eigenvalue weighted by Crippen LogP contribution is 2.27. The number of fused-ring (bicyclic) bond motifs is 1. The van der Waals surface area contributed by atoms with Gasteiger partial charge in [-0.05, 0) is 30.7 Å². The highest BCUT2D eigenvalue weighted by atomic mass is 35.5. The average molecular weight is 340 g/mol. The topological polar surface area (TPSA) is 45.2 Å². The number of piperazine rings is 1. The molecule has 1 aliphatic heterocycles. The molecule has 6 heteroatoms. The van der Waals surface area contributed by atoms with Crippen molar-refractivity contribution in [3.8, 4) is 0 Å². The summed E-state index contributed by atoms with van der Waals surface area (Å²) in [6.07, 6.45) is 1.89. The Hall–Kier alpha value is -2.40. The van der Waals surface area contributed by atoms with E-state index in [9.17, 15) is 0 Å². The zero-order valence-electron chi connectivity index (χ0n) is 13.5. The first-order chi connectivity index (χ1) is 11.7. The van der Waals surface area contributed by atoms with Gasteiger partial charge in [0.05, 0.1) is 5.52 Å². The maximum absolute atomic E-state index is 5.99. The van der Waals surface area contributed by atoms with Crippen molar-refractivity contribution in [3.63, 3.8) is 0 Å². The van der Waals surface area contributed by atoms with Crippen LogP contribution in [0, 0.1) is 6.92 Å². The molecule has 1 saturated heterocycles. The highest BCUT2D eigenvalue weighted by Gasteiger charge is 2.20. The third-order valence-electron chi connectivity index (χ3n) is 4.38. The van der Waals surface area contributed by atoms with Gasteiger partial charge in [-0.15, -0.1) is 0 Å². The molecule has 1 aliphatic rings. The first-order valence-corrected chi connectivity index (χ1v) is 8.43. The van der Waals surface area contributed by atoms with Gasteiger partial charge in [0.1, 0.15) is 5.82 Å². The highest BCUT2D eigenvalue weighted by molar-refractivity contribution is 6.28. The summed E-state index contributed by atoms with van der Waals surface area (Å²) < 4.78 is 0. The van der Waals surface area contributed by atoms with E-state index in [1.54, 1.807) is 0 Å². The predicted octanol–water partition coefficient (Wildman–Crippen LogP) is 3.31. The fraction of sp³-hybridized carbons (Fsp3) is 0.278. The Morgan fingerprint density at radius 3 is 2.50 bits per heavy atom. The lowest BCUT2D eigenvalue weighted by molar-refractivity contribution is 0.647. The Balaban J connectivity index is 1.55. The van der Waals surface area contributed by atoms with E-state index in [0.29, 0.717) is 5.28 Å². The van der Waals surface area contributed by atoms with Gasteiger partial charge in [-0.2, -0.15) is 0 Å². The second kappa shape index (κ2) is 6.24. The smallest absolute Gasteiger partial charge is 0.224 e. The van der Waals surface area contributed by atoms with Gasteiger partial charge < -0.3 is 9.80 Å². The molecule has 0 aliphatic carbocycles. The number of pyridine rings is 1. The number of rotatable bonds is 2. The lowest BCUT2D eigenvalue weighted by atomic mass is 10.1. The molecule has 24 heavy (non-hydrogen) atoms. The molecule has 0 radical (unpaired) electrons. The van der Waals surface area contributed by atoms with E-state index in [0.717, 1.165) is 43.2 Å². The zero-order valence-corrected chi connectivity index (χ0v) is 14.2. The lowest BCUT2D eigenvalue weighted by Gasteiger charge is -2.37. The fourth-order valence-corrected chi connectivity index (χ4v) is 3.43. The van der Waals surface area contributed by atoms with Gasteiger partial charge in [0, 0.05) is 55.2 Å². The number of anilines is 2. The Morgan fingerprint density at radius 1 is 0.958 bits per heavy atom. The summed E-state index contributed by atoms with van der Waals surface area (Å²) in [6.45, 7) is 5.63. The zero-order chi connectivity index (χ0) is 16.5. The molecular weight excluding hydrogens is 322 g/mol. The number of aromatic nitrogens is 3. The van der Waals surface area contributed by atoms with Crippen LogP contribution in [0.5, 0.6) is 0 Å². The molecule has 3 aromatic rings. The van der Waals surface area contributed by atoms with Gasteiger partial charge in [-0.3, -0.25) is 4.98 Å². The van der Waals surface area contributed by atoms with E-state index in [1.165, 1.54) is 11.1 Å². The van der Waals surface area contributed by atoms with Crippen molar-refractivity contribution < 1.29 is 0 Å². The average Bonchev–Trinajstić information content (AvgIpc) is 2.60. The number of aryl methyl sites for hydroxylation is 1. The van der Waals surface area contributed by atoms with Crippen LogP contribution in [0.2, 0.25) is 5.28 Å². The molecule has 0 saturated carbocycles. The van der Waals surface area contributed by atoms with E-state index in [2.05, 4.69) is 49.0 Å². The SMILES string of the molecule is Cc1cc(N2CCN(c3ccnc4ccccc34)CC2)nc(Cl)n1. The summed E-state index contributed by atoms with van der Waals surface area (Å²) in [7, 11) is 0. The van der Waals surface area contributed by atoms with Crippen LogP contribution in [0.25, 0.3) is 10.9 Å². The molecule has 2 aromatic heterocycles. The Kier molecular flexibility index (Phi) is 3.94. The van der Waals surface area contributed by atoms with Crippen LogP contribution in [0.3, 0.4) is 0 Å². The lowest BCUT2D eigenvalue weighted by Crippen LogP contribution is -2.47. The van der Waals surface area contributed by atoms with Crippen LogP contribution in [0.4, 0.5) is 11.5 Å². The molecule has 3 heterocycles. The monoisotopic (exact) mass is 339 g/mol. The number of para-hydroxylation sites is 1. The summed E-state index contributed by atoms with van der Waals surface area (Å²) >= 11 is 5.99. The third-order valence-corrected chi connectivity index (χ3v) is 4.55. The Labute approximate surface area is 145 Å². The molecule has 0 spiro atoms. The first-order valence-electron chi connectivity index (χ1n) is 8.05. The van der Waals surface area contributed by atoms with Gasteiger partial charge >= 0.3 is 0 Å². The standard InChI is InChI=1S/C18H18ClN5/c1-13-12-17(22-18(19)21-13)24-10-8-23(9-11-24)16-6-7-20-15-5-3-2-4-14(15)16/h2-7,12H,8-11H2,1H3. The second-order valence-corrected chi connectivity index (χ2v) is 6.30. The fourth-order valence-electron chi connectivity index (χ4n) is 3.21. The second-order valence-electron chi connectivity index (χ2n) is 5.96. The van der Waals surface area contributed by atoms with Crippen molar-refractivity contribution in [2.75, 3.05) is 36.0 Å². The Bertz CT molecular complexity index is 849. The molecule has 5 nitrogen and oxygen atoms in total. The van der Waals surface area contributed by atoms with Crippen molar-refractivity contribution in [1.29, 1.82) is 0 Å². The molecule has 0 atom stereocenters. The maximum Gasteiger partial charge on any atom is 0.224 e. The molecule has 0 N–H and O–H groups in total. The molecule has 0 bridgehead atoms. The van der Waals surface area contributed by atoms with Crippen molar-refractivity contribution in [1.82, 2.24) is 15.0 Å². The molecule has 0 amide bonds. The quantitative estimate of drug-likeness (QED) is 0.670. The molecular formula is C18H18ClN5. The number of halogens is 1. The summed E-state index contributed by atoms with van der Waals surface area (Å²) in [5.41, 5.74) is 3.18. The molecule has 1 fully saturated rings. The predicted molar refractivity (Wildman–Crippen MR) is 97.9 cm³/mol. The summed E-state index contributed by atoms with van der Waals surface area (Å²) in [5, 5.41) is 1.52. The number of benzene rings is 1. The first kappa shape index (κ1) is 15.1. The van der Waals surface area contributed by atoms with E-state index in [4.69, 9.17) is 11.6 Å². The van der Waals surface area contributed by atoms with Gasteiger partial charge in [0.25, 0.3) is 0 Å². The van der Waals surface area contributed by atoms with Crippen LogP contribution >= 0.6 is 11.6 Å². The van der Waals surface area contributed by atoms with Crippen molar-refractivity contribution in [2.24, 2.45) is 0 Å². The molecule has 122 valence electrons. The maximum atomic E-state index is 5.99. The minimum absolute atomic E-state index is 0.313. The summed E-state index contributed by atoms with van der Waals surface area (Å²) in [6, 6.07) is 12.4. The minimum Gasteiger partial charge on any atom is -0.367 e. The normalized spacial score (nSPS) is 15.1. The van der Waals surface area contributed by atoms with Crippen molar-refractivity contribution in [2.45, 2.75) is 6.92 Å². The minimum atomic E-state index is 0.313. The van der Waals surface area contributed by atoms with Crippen molar-refractivity contribution in [3.05, 3.63) is 53.6 Å². The third kappa shape index (κ3) is 2.87. The van der Waals surface area contributed by atoms with Crippen LogP contribution in [-0.2, 0) is 0 Å². The van der Waals surface area contributed by atoms with Crippen LogP contribution in [0.15, 0.2) is 42.6 Å². The van der Waals surface area contributed by atoms with Gasteiger partial charge in [0.2, 0.25) is 5.28 Å². The molecule has 1 aromatic carbocycles. The van der Waals surface area contributed by atoms with Crippen LogP contribution < -0.4 is 9.80 Å². The van der Waals surface area contributed by atoms with Gasteiger partial charge in [-0.25, -0.2) is 9.97 Å². The summed E-state index contributed by atoms with van der Waals surface area (Å²) in [4.78, 5) is 17.6. The van der Waals surface area contributed by atoms with E-state index in [-0.39, 0.29) is 0 Å². The number of hydrogen-bond donors (Lipinski definition) is 0. The van der Waals surface area contributed by atoms with Gasteiger partial charge in [0.15, 0.2) is 0 Å².